The zero-order chi connectivity index (χ0) is 42.1. The molecule has 8 nitrogen and oxygen atoms in total. The van der Waals surface area contributed by atoms with E-state index in [1.807, 2.05) is 27.2 Å². The maximum atomic E-state index is 12.7. The van der Waals surface area contributed by atoms with E-state index < -0.39 is 18.1 Å². The summed E-state index contributed by atoms with van der Waals surface area (Å²) in [5, 5.41) is 9.61. The number of unbranched alkanes of at least 4 members (excludes halogenated alkanes) is 13. The molecule has 0 amide bonds. The first-order chi connectivity index (χ1) is 27.6. The number of esters is 2. The Labute approximate surface area is 349 Å². The molecule has 0 rings (SSSR count). The van der Waals surface area contributed by atoms with Gasteiger partial charge in [-0.3, -0.25) is 9.59 Å². The van der Waals surface area contributed by atoms with Crippen LogP contribution in [0.15, 0.2) is 72.9 Å². The minimum absolute atomic E-state index is 0.0318. The van der Waals surface area contributed by atoms with Crippen LogP contribution in [0.1, 0.15) is 168 Å². The van der Waals surface area contributed by atoms with Crippen molar-refractivity contribution in [3.05, 3.63) is 72.9 Å². The van der Waals surface area contributed by atoms with E-state index in [0.29, 0.717) is 19.3 Å². The van der Waals surface area contributed by atoms with Crippen LogP contribution in [0.4, 0.5) is 0 Å². The fourth-order valence-corrected chi connectivity index (χ4v) is 6.13. The summed E-state index contributed by atoms with van der Waals surface area (Å²) < 4.78 is 17.2. The summed E-state index contributed by atoms with van der Waals surface area (Å²) in [4.78, 5) is 36.9. The smallest absolute Gasteiger partial charge is 0.362 e. The molecule has 0 fully saturated rings. The van der Waals surface area contributed by atoms with Crippen molar-refractivity contribution in [1.29, 1.82) is 0 Å². The topological polar surface area (TPSA) is 99.1 Å². The van der Waals surface area contributed by atoms with Gasteiger partial charge in [0.05, 0.1) is 34.4 Å². The summed E-state index contributed by atoms with van der Waals surface area (Å²) in [5.74, 6) is -1.57. The maximum Gasteiger partial charge on any atom is 0.362 e. The molecule has 0 spiro atoms. The normalized spacial score (nSPS) is 13.6. The Morgan fingerprint density at radius 3 is 1.53 bits per heavy atom. The predicted molar refractivity (Wildman–Crippen MR) is 238 cm³/mol. The largest absolute Gasteiger partial charge is 0.477 e. The third-order valence-corrected chi connectivity index (χ3v) is 9.60. The van der Waals surface area contributed by atoms with Gasteiger partial charge in [0.15, 0.2) is 12.1 Å². The molecular weight excluding hydrogens is 715 g/mol. The fourth-order valence-electron chi connectivity index (χ4n) is 6.13. The SMILES string of the molecule is CC/C=C/C/C=C/C/C=C/C/C=C/CCCCCCCCCC(=O)OCC(COCCC(C(=O)O)[N+](C)(C)C)OC(=O)CC/C=C/C/C=C/CCCCCCCC. The second kappa shape index (κ2) is 39.6. The molecule has 0 heterocycles. The molecule has 0 bridgehead atoms. The van der Waals surface area contributed by atoms with Crippen LogP contribution in [0.25, 0.3) is 0 Å². The highest BCUT2D eigenvalue weighted by Gasteiger charge is 2.31. The van der Waals surface area contributed by atoms with E-state index in [0.717, 1.165) is 64.2 Å². The van der Waals surface area contributed by atoms with Gasteiger partial charge in [-0.25, -0.2) is 4.79 Å². The Morgan fingerprint density at radius 1 is 0.544 bits per heavy atom. The molecule has 1 N–H and O–H groups in total. The number of allylic oxidation sites excluding steroid dienone is 12. The summed E-state index contributed by atoms with van der Waals surface area (Å²) in [6, 6.07) is -0.628. The molecule has 0 saturated heterocycles. The number of carboxylic acids is 1. The van der Waals surface area contributed by atoms with E-state index in [-0.39, 0.29) is 42.7 Å². The highest BCUT2D eigenvalue weighted by molar-refractivity contribution is 5.72. The third-order valence-electron chi connectivity index (χ3n) is 9.60. The second-order valence-electron chi connectivity index (χ2n) is 15.9. The summed E-state index contributed by atoms with van der Waals surface area (Å²) in [6.07, 6.45) is 49.6. The quantitative estimate of drug-likeness (QED) is 0.0286. The number of nitrogens with zero attached hydrogens (tertiary/aromatic N) is 1. The van der Waals surface area contributed by atoms with Gasteiger partial charge in [0.25, 0.3) is 0 Å². The molecule has 0 aliphatic carbocycles. The second-order valence-corrected chi connectivity index (χ2v) is 15.9. The van der Waals surface area contributed by atoms with E-state index in [1.54, 1.807) is 0 Å². The van der Waals surface area contributed by atoms with E-state index >= 15 is 0 Å². The van der Waals surface area contributed by atoms with E-state index in [1.165, 1.54) is 64.2 Å². The zero-order valence-electron chi connectivity index (χ0n) is 37.0. The van der Waals surface area contributed by atoms with Gasteiger partial charge in [-0.2, -0.15) is 0 Å². The Kier molecular flexibility index (Phi) is 37.3. The number of carbonyl (C=O) groups is 3. The number of hydrogen-bond acceptors (Lipinski definition) is 6. The summed E-state index contributed by atoms with van der Waals surface area (Å²) in [6.45, 7) is 4.53. The number of quaternary nitrogens is 1. The van der Waals surface area contributed by atoms with Gasteiger partial charge in [0.1, 0.15) is 6.61 Å². The minimum Gasteiger partial charge on any atom is -0.477 e. The highest BCUT2D eigenvalue weighted by Crippen LogP contribution is 2.13. The number of hydrogen-bond donors (Lipinski definition) is 1. The molecule has 8 heteroatoms. The molecule has 0 aliphatic heterocycles. The maximum absolute atomic E-state index is 12.7. The lowest BCUT2D eigenvalue weighted by Gasteiger charge is -2.31. The van der Waals surface area contributed by atoms with E-state index in [9.17, 15) is 19.5 Å². The Morgan fingerprint density at radius 2 is 1.02 bits per heavy atom. The van der Waals surface area contributed by atoms with Crippen molar-refractivity contribution < 1.29 is 38.2 Å². The first-order valence-corrected chi connectivity index (χ1v) is 22.5. The lowest BCUT2D eigenvalue weighted by Crippen LogP contribution is -2.50. The van der Waals surface area contributed by atoms with Crippen LogP contribution in [0.2, 0.25) is 0 Å². The predicted octanol–water partition coefficient (Wildman–Crippen LogP) is 12.4. The molecule has 2 atom stereocenters. The molecule has 0 aliphatic rings. The standard InChI is InChI=1S/C49H83NO7/c1-6-8-10-12-14-16-18-20-21-22-23-24-25-26-28-29-31-33-35-37-39-47(51)56-44-45(43-55-42-41-46(49(53)54)50(3,4)5)57-48(52)40-38-36-34-32-30-27-19-17-15-13-11-9-7-2/h8,10,14,16,20-21,23-24,27,30,34,36,45-46H,6-7,9,11-13,15,17-19,22,25-26,28-29,31-33,35,37-44H2,1-5H3/p+1/b10-8+,16-14+,21-20+,24-23+,30-27+,36-34+. The summed E-state index contributed by atoms with van der Waals surface area (Å²) in [5.41, 5.74) is 0. The van der Waals surface area contributed by atoms with Crippen LogP contribution >= 0.6 is 0 Å². The first kappa shape index (κ1) is 53.8. The van der Waals surface area contributed by atoms with Crippen LogP contribution in [0, 0.1) is 0 Å². The third kappa shape index (κ3) is 38.1. The molecule has 2 unspecified atom stereocenters. The van der Waals surface area contributed by atoms with Gasteiger partial charge in [-0.05, 0) is 70.6 Å². The van der Waals surface area contributed by atoms with Gasteiger partial charge >= 0.3 is 17.9 Å². The number of rotatable bonds is 39. The average molecular weight is 799 g/mol. The van der Waals surface area contributed by atoms with Crippen LogP contribution in [0.3, 0.4) is 0 Å². The minimum atomic E-state index is -0.887. The van der Waals surface area contributed by atoms with Crippen LogP contribution in [-0.4, -0.2) is 80.6 Å². The molecule has 326 valence electrons. The van der Waals surface area contributed by atoms with Crippen LogP contribution < -0.4 is 0 Å². The lowest BCUT2D eigenvalue weighted by molar-refractivity contribution is -0.887. The van der Waals surface area contributed by atoms with Crippen LogP contribution in [0.5, 0.6) is 0 Å². The number of ether oxygens (including phenoxy) is 3. The van der Waals surface area contributed by atoms with Gasteiger partial charge < -0.3 is 23.8 Å². The average Bonchev–Trinajstić information content (AvgIpc) is 3.17. The van der Waals surface area contributed by atoms with Crippen molar-refractivity contribution in [2.45, 2.75) is 180 Å². The number of carboxylic acid groups (broad SMARTS) is 1. The van der Waals surface area contributed by atoms with Crippen molar-refractivity contribution >= 4 is 17.9 Å². The molecule has 57 heavy (non-hydrogen) atoms. The molecule has 0 radical (unpaired) electrons. The van der Waals surface area contributed by atoms with Crippen molar-refractivity contribution in [3.63, 3.8) is 0 Å². The van der Waals surface area contributed by atoms with Gasteiger partial charge in [-0.1, -0.05) is 151 Å². The Bertz CT molecular complexity index is 1160. The highest BCUT2D eigenvalue weighted by atomic mass is 16.6. The molecule has 0 aromatic rings. The number of likely N-dealkylation sites (N-methyl/N-ethyl adjacent to an activating group) is 1. The fraction of sp³-hybridized carbons (Fsp3) is 0.694. The Hall–Kier alpha value is -3.23. The molecule has 0 aromatic carbocycles. The lowest BCUT2D eigenvalue weighted by atomic mass is 10.1. The van der Waals surface area contributed by atoms with Crippen molar-refractivity contribution in [1.82, 2.24) is 0 Å². The van der Waals surface area contributed by atoms with Crippen molar-refractivity contribution in [2.24, 2.45) is 0 Å². The Balaban J connectivity index is 4.39. The van der Waals surface area contributed by atoms with Crippen LogP contribution in [-0.2, 0) is 28.6 Å². The monoisotopic (exact) mass is 799 g/mol. The number of aliphatic carboxylic acids is 1. The van der Waals surface area contributed by atoms with Gasteiger partial charge in [-0.15, -0.1) is 0 Å². The van der Waals surface area contributed by atoms with Gasteiger partial charge in [0, 0.05) is 19.3 Å². The molecular formula is C49H84NO7+. The van der Waals surface area contributed by atoms with Crippen molar-refractivity contribution in [2.75, 3.05) is 41.0 Å². The molecule has 0 saturated carbocycles. The summed E-state index contributed by atoms with van der Waals surface area (Å²) in [7, 11) is 5.50. The van der Waals surface area contributed by atoms with E-state index in [4.69, 9.17) is 14.2 Å². The summed E-state index contributed by atoms with van der Waals surface area (Å²) >= 11 is 0. The zero-order valence-corrected chi connectivity index (χ0v) is 37.0. The van der Waals surface area contributed by atoms with Crippen molar-refractivity contribution in [3.8, 4) is 0 Å². The van der Waals surface area contributed by atoms with Gasteiger partial charge in [0.2, 0.25) is 0 Å². The number of carbonyl (C=O) groups excluding carboxylic acids is 2. The molecule has 0 aromatic heterocycles. The van der Waals surface area contributed by atoms with E-state index in [2.05, 4.69) is 80.7 Å². The first-order valence-electron chi connectivity index (χ1n) is 22.5.